The Morgan fingerprint density at radius 1 is 1.10 bits per heavy atom. The Morgan fingerprint density at radius 3 is 2.20 bits per heavy atom. The van der Waals surface area contributed by atoms with E-state index in [-0.39, 0.29) is 24.8 Å². The van der Waals surface area contributed by atoms with E-state index >= 15 is 0 Å². The minimum absolute atomic E-state index is 0.127. The molecule has 1 fully saturated rings. The number of nitrogens with zero attached hydrogens (tertiary/aromatic N) is 1. The van der Waals surface area contributed by atoms with Gasteiger partial charge in [-0.05, 0) is 45.0 Å². The number of nitrogens with one attached hydrogen (secondary N) is 2. The van der Waals surface area contributed by atoms with Crippen LogP contribution in [0.4, 0.5) is 10.5 Å². The summed E-state index contributed by atoms with van der Waals surface area (Å²) in [7, 11) is 0. The van der Waals surface area contributed by atoms with E-state index in [4.69, 9.17) is 4.74 Å². The number of rotatable bonds is 8. The van der Waals surface area contributed by atoms with Crippen molar-refractivity contribution in [2.75, 3.05) is 11.9 Å². The highest BCUT2D eigenvalue weighted by Crippen LogP contribution is 2.17. The maximum atomic E-state index is 12.5. The predicted octanol–water partition coefficient (Wildman–Crippen LogP) is 2.12. The molecule has 1 heterocycles. The molecule has 1 aromatic rings. The first-order valence-corrected chi connectivity index (χ1v) is 9.71. The molecular formula is C21H27N3O6. The third-order valence-corrected chi connectivity index (χ3v) is 4.62. The number of carbonyl (C=O) groups is 5. The molecule has 30 heavy (non-hydrogen) atoms. The molecule has 162 valence electrons. The van der Waals surface area contributed by atoms with Crippen LogP contribution in [0.5, 0.6) is 0 Å². The Bertz CT molecular complexity index is 860. The van der Waals surface area contributed by atoms with Crippen molar-refractivity contribution in [1.29, 1.82) is 0 Å². The smallest absolute Gasteiger partial charge is 0.325 e. The quantitative estimate of drug-likeness (QED) is 0.380. The molecule has 2 N–H and O–H groups in total. The van der Waals surface area contributed by atoms with Crippen LogP contribution in [0.3, 0.4) is 0 Å². The van der Waals surface area contributed by atoms with Crippen LogP contribution in [-0.2, 0) is 19.1 Å². The lowest BCUT2D eigenvalue weighted by Gasteiger charge is -2.16. The van der Waals surface area contributed by atoms with E-state index in [2.05, 4.69) is 10.6 Å². The van der Waals surface area contributed by atoms with Crippen LogP contribution in [0, 0.1) is 5.92 Å². The van der Waals surface area contributed by atoms with Gasteiger partial charge in [0.15, 0.2) is 6.10 Å². The maximum Gasteiger partial charge on any atom is 0.325 e. The second-order valence-electron chi connectivity index (χ2n) is 7.98. The van der Waals surface area contributed by atoms with Gasteiger partial charge in [0.2, 0.25) is 11.7 Å². The molecule has 1 unspecified atom stereocenters. The lowest BCUT2D eigenvalue weighted by molar-refractivity contribution is -0.146. The zero-order valence-electron chi connectivity index (χ0n) is 17.8. The van der Waals surface area contributed by atoms with Gasteiger partial charge in [-0.15, -0.1) is 0 Å². The van der Waals surface area contributed by atoms with Gasteiger partial charge in [0, 0.05) is 23.7 Å². The van der Waals surface area contributed by atoms with E-state index in [0.29, 0.717) is 11.3 Å². The molecule has 0 aliphatic carbocycles. The van der Waals surface area contributed by atoms with Crippen LogP contribution in [0.15, 0.2) is 24.3 Å². The van der Waals surface area contributed by atoms with Crippen LogP contribution in [0.2, 0.25) is 0 Å². The SMILES string of the molecule is CC(C)C(=O)Nc1ccc(C(=O)C(C)OC(=O)CCN2C(=O)NC(C)(C)C2=O)cc1. The average Bonchev–Trinajstić information content (AvgIpc) is 2.86. The summed E-state index contributed by atoms with van der Waals surface area (Å²) in [5.74, 6) is -1.82. The third-order valence-electron chi connectivity index (χ3n) is 4.62. The molecule has 1 aliphatic heterocycles. The number of esters is 1. The number of anilines is 1. The van der Waals surface area contributed by atoms with Crippen LogP contribution < -0.4 is 10.6 Å². The van der Waals surface area contributed by atoms with Crippen LogP contribution in [0.25, 0.3) is 0 Å². The predicted molar refractivity (Wildman–Crippen MR) is 109 cm³/mol. The first-order valence-electron chi connectivity index (χ1n) is 9.71. The fourth-order valence-corrected chi connectivity index (χ4v) is 2.77. The van der Waals surface area contributed by atoms with Crippen LogP contribution >= 0.6 is 0 Å². The van der Waals surface area contributed by atoms with Crippen molar-refractivity contribution in [3.63, 3.8) is 0 Å². The van der Waals surface area contributed by atoms with Crippen molar-refractivity contribution in [2.24, 2.45) is 5.92 Å². The molecule has 1 atom stereocenters. The van der Waals surface area contributed by atoms with E-state index in [1.54, 1.807) is 39.8 Å². The summed E-state index contributed by atoms with van der Waals surface area (Å²) in [5.41, 5.74) is -0.120. The lowest BCUT2D eigenvalue weighted by Crippen LogP contribution is -2.40. The van der Waals surface area contributed by atoms with Crippen molar-refractivity contribution in [1.82, 2.24) is 10.2 Å². The Kier molecular flexibility index (Phi) is 6.96. The van der Waals surface area contributed by atoms with Gasteiger partial charge in [-0.2, -0.15) is 0 Å². The topological polar surface area (TPSA) is 122 Å². The fraction of sp³-hybridized carbons (Fsp3) is 0.476. The molecule has 0 spiro atoms. The molecule has 0 radical (unpaired) electrons. The highest BCUT2D eigenvalue weighted by Gasteiger charge is 2.44. The highest BCUT2D eigenvalue weighted by atomic mass is 16.5. The highest BCUT2D eigenvalue weighted by molar-refractivity contribution is 6.06. The number of amides is 4. The number of ketones is 1. The summed E-state index contributed by atoms with van der Waals surface area (Å²) in [6, 6.07) is 5.71. The second kappa shape index (κ2) is 9.06. The average molecular weight is 417 g/mol. The van der Waals surface area contributed by atoms with Gasteiger partial charge in [0.25, 0.3) is 5.91 Å². The molecule has 0 saturated carbocycles. The molecule has 0 aromatic heterocycles. The molecular weight excluding hydrogens is 390 g/mol. The first kappa shape index (κ1) is 23.1. The summed E-state index contributed by atoms with van der Waals surface area (Å²) < 4.78 is 5.15. The fourth-order valence-electron chi connectivity index (χ4n) is 2.77. The van der Waals surface area contributed by atoms with Gasteiger partial charge >= 0.3 is 12.0 Å². The summed E-state index contributed by atoms with van der Waals surface area (Å²) in [6.07, 6.45) is -1.25. The Balaban J connectivity index is 1.88. The van der Waals surface area contributed by atoms with Gasteiger partial charge in [0.05, 0.1) is 6.42 Å². The third kappa shape index (κ3) is 5.43. The molecule has 1 aliphatic rings. The first-order chi connectivity index (χ1) is 13.9. The summed E-state index contributed by atoms with van der Waals surface area (Å²) in [6.45, 7) is 8.02. The molecule has 1 aromatic carbocycles. The number of urea groups is 1. The normalized spacial score (nSPS) is 16.3. The minimum atomic E-state index is -1.03. The summed E-state index contributed by atoms with van der Waals surface area (Å²) in [4.78, 5) is 61.1. The Morgan fingerprint density at radius 2 is 1.70 bits per heavy atom. The monoisotopic (exact) mass is 417 g/mol. The van der Waals surface area contributed by atoms with E-state index in [1.165, 1.54) is 19.1 Å². The minimum Gasteiger partial charge on any atom is -0.454 e. The number of hydrogen-bond donors (Lipinski definition) is 2. The zero-order chi connectivity index (χ0) is 22.6. The van der Waals surface area contributed by atoms with Crippen molar-refractivity contribution < 1.29 is 28.7 Å². The van der Waals surface area contributed by atoms with Gasteiger partial charge in [-0.1, -0.05) is 13.8 Å². The lowest BCUT2D eigenvalue weighted by atomic mass is 10.1. The Hall–Kier alpha value is -3.23. The van der Waals surface area contributed by atoms with Gasteiger partial charge in [0.1, 0.15) is 5.54 Å². The maximum absolute atomic E-state index is 12.5. The summed E-state index contributed by atoms with van der Waals surface area (Å²) >= 11 is 0. The molecule has 2 rings (SSSR count). The number of carbonyl (C=O) groups excluding carboxylic acids is 5. The van der Waals surface area contributed by atoms with Crippen molar-refractivity contribution in [2.45, 2.75) is 52.7 Å². The largest absolute Gasteiger partial charge is 0.454 e. The van der Waals surface area contributed by atoms with E-state index in [1.807, 2.05) is 0 Å². The molecule has 1 saturated heterocycles. The molecule has 9 nitrogen and oxygen atoms in total. The number of imide groups is 1. The van der Waals surface area contributed by atoms with Crippen molar-refractivity contribution in [3.8, 4) is 0 Å². The van der Waals surface area contributed by atoms with Crippen LogP contribution in [-0.4, -0.2) is 52.7 Å². The van der Waals surface area contributed by atoms with Crippen molar-refractivity contribution >= 4 is 35.3 Å². The molecule has 9 heteroatoms. The number of hydrogen-bond acceptors (Lipinski definition) is 6. The van der Waals surface area contributed by atoms with E-state index in [9.17, 15) is 24.0 Å². The summed E-state index contributed by atoms with van der Waals surface area (Å²) in [5, 5.41) is 5.25. The molecule has 0 bridgehead atoms. The van der Waals surface area contributed by atoms with Crippen molar-refractivity contribution in [3.05, 3.63) is 29.8 Å². The number of ether oxygens (including phenoxy) is 1. The van der Waals surface area contributed by atoms with Crippen LogP contribution in [0.1, 0.15) is 51.4 Å². The standard InChI is InChI=1S/C21H27N3O6/c1-12(2)18(27)22-15-8-6-14(7-9-15)17(26)13(3)30-16(25)10-11-24-19(28)21(4,5)23-20(24)29/h6-9,12-13H,10-11H2,1-5H3,(H,22,27)(H,23,29). The number of Topliss-reactive ketones (excluding diaryl/α,β-unsaturated/α-hetero) is 1. The van der Waals surface area contributed by atoms with Gasteiger partial charge < -0.3 is 15.4 Å². The number of benzene rings is 1. The zero-order valence-corrected chi connectivity index (χ0v) is 17.8. The van der Waals surface area contributed by atoms with E-state index in [0.717, 1.165) is 4.90 Å². The Labute approximate surface area is 175 Å². The van der Waals surface area contributed by atoms with Gasteiger partial charge in [-0.25, -0.2) is 4.79 Å². The van der Waals surface area contributed by atoms with E-state index < -0.39 is 35.3 Å². The molecule has 4 amide bonds. The van der Waals surface area contributed by atoms with Gasteiger partial charge in [-0.3, -0.25) is 24.1 Å². The second-order valence-corrected chi connectivity index (χ2v) is 7.98.